The number of nitrogens with zero attached hydrogens (tertiary/aromatic N) is 2. The molecule has 0 amide bonds. The smallest absolute Gasteiger partial charge is 0.207 e. The summed E-state index contributed by atoms with van der Waals surface area (Å²) < 4.78 is 8.32. The minimum atomic E-state index is 0.708. The molecule has 0 bridgehead atoms. The van der Waals surface area contributed by atoms with E-state index >= 15 is 0 Å². The lowest BCUT2D eigenvalue weighted by Crippen LogP contribution is -2.03. The van der Waals surface area contributed by atoms with Gasteiger partial charge in [-0.3, -0.25) is 0 Å². The number of ether oxygens (including phenoxy) is 1. The maximum atomic E-state index is 5.34. The summed E-state index contributed by atoms with van der Waals surface area (Å²) >= 11 is 3.45. The zero-order chi connectivity index (χ0) is 13.8. The number of anilines is 2. The first-order valence-corrected chi connectivity index (χ1v) is 6.68. The summed E-state index contributed by atoms with van der Waals surface area (Å²) in [6, 6.07) is 5.80. The van der Waals surface area contributed by atoms with Crippen LogP contribution in [0.4, 0.5) is 11.6 Å². The van der Waals surface area contributed by atoms with E-state index in [9.17, 15) is 0 Å². The van der Waals surface area contributed by atoms with Crippen LogP contribution in [0.3, 0.4) is 0 Å². The molecule has 0 radical (unpaired) electrons. The summed E-state index contributed by atoms with van der Waals surface area (Å²) in [5.41, 5.74) is 1.83. The lowest BCUT2D eigenvalue weighted by molar-refractivity contribution is 0.416. The van der Waals surface area contributed by atoms with Gasteiger partial charge < -0.3 is 14.6 Å². The molecule has 4 nitrogen and oxygen atoms in total. The van der Waals surface area contributed by atoms with Crippen LogP contribution in [0.2, 0.25) is 0 Å². The van der Waals surface area contributed by atoms with Gasteiger partial charge in [0.1, 0.15) is 5.75 Å². The van der Waals surface area contributed by atoms with Crippen LogP contribution in [0, 0.1) is 6.92 Å². The van der Waals surface area contributed by atoms with Gasteiger partial charge in [0, 0.05) is 17.2 Å². The summed E-state index contributed by atoms with van der Waals surface area (Å²) in [5, 5.41) is 3.29. The number of hydrogen-bond donors (Lipinski definition) is 1. The molecule has 1 N–H and O–H groups in total. The molecule has 0 saturated heterocycles. The highest BCUT2D eigenvalue weighted by atomic mass is 79.9. The first-order valence-electron chi connectivity index (χ1n) is 5.89. The minimum Gasteiger partial charge on any atom is -0.495 e. The lowest BCUT2D eigenvalue weighted by atomic mass is 10.3. The van der Waals surface area contributed by atoms with Crippen molar-refractivity contribution >= 4 is 27.6 Å². The van der Waals surface area contributed by atoms with Gasteiger partial charge in [-0.1, -0.05) is 22.0 Å². The SMILES string of the molecule is C=CCn1cc(C)nc1Nc1cc(Br)ccc1OC. The number of aryl methyl sites for hydroxylation is 1. The monoisotopic (exact) mass is 321 g/mol. The van der Waals surface area contributed by atoms with Crippen molar-refractivity contribution in [1.82, 2.24) is 9.55 Å². The molecule has 0 atom stereocenters. The molecule has 2 rings (SSSR count). The Hall–Kier alpha value is -1.75. The van der Waals surface area contributed by atoms with Crippen molar-refractivity contribution in [2.75, 3.05) is 12.4 Å². The van der Waals surface area contributed by atoms with Gasteiger partial charge in [0.05, 0.1) is 18.5 Å². The molecule has 1 aromatic heterocycles. The molecule has 5 heteroatoms. The van der Waals surface area contributed by atoms with Crippen LogP contribution in [0.25, 0.3) is 0 Å². The second kappa shape index (κ2) is 5.93. The Kier molecular flexibility index (Phi) is 4.27. The molecule has 100 valence electrons. The topological polar surface area (TPSA) is 39.1 Å². The second-order valence-electron chi connectivity index (χ2n) is 4.12. The molecule has 0 aliphatic heterocycles. The van der Waals surface area contributed by atoms with E-state index in [4.69, 9.17) is 4.74 Å². The summed E-state index contributed by atoms with van der Waals surface area (Å²) in [7, 11) is 1.65. The van der Waals surface area contributed by atoms with E-state index in [1.54, 1.807) is 7.11 Å². The first-order chi connectivity index (χ1) is 9.13. The second-order valence-corrected chi connectivity index (χ2v) is 5.03. The maximum absolute atomic E-state index is 5.34. The van der Waals surface area contributed by atoms with E-state index in [0.29, 0.717) is 6.54 Å². The molecule has 0 aliphatic carbocycles. The van der Waals surface area contributed by atoms with Crippen LogP contribution in [-0.2, 0) is 6.54 Å². The molecule has 2 aromatic rings. The van der Waals surface area contributed by atoms with Gasteiger partial charge in [-0.25, -0.2) is 4.98 Å². The molecule has 1 heterocycles. The van der Waals surface area contributed by atoms with E-state index in [0.717, 1.165) is 27.6 Å². The Labute approximate surface area is 121 Å². The molecule has 1 aromatic carbocycles. The third kappa shape index (κ3) is 3.17. The largest absolute Gasteiger partial charge is 0.495 e. The molecule has 0 unspecified atom stereocenters. The summed E-state index contributed by atoms with van der Waals surface area (Å²) in [4.78, 5) is 4.46. The molecule has 19 heavy (non-hydrogen) atoms. The van der Waals surface area contributed by atoms with Crippen molar-refractivity contribution in [2.45, 2.75) is 13.5 Å². The van der Waals surface area contributed by atoms with Gasteiger partial charge in [-0.15, -0.1) is 6.58 Å². The van der Waals surface area contributed by atoms with E-state index in [1.807, 2.05) is 42.0 Å². The maximum Gasteiger partial charge on any atom is 0.207 e. The normalized spacial score (nSPS) is 10.3. The number of allylic oxidation sites excluding steroid dienone is 1. The quantitative estimate of drug-likeness (QED) is 0.849. The number of nitrogens with one attached hydrogen (secondary N) is 1. The number of imidazole rings is 1. The summed E-state index contributed by atoms with van der Waals surface area (Å²) in [6.07, 6.45) is 3.82. The molecular formula is C14H16BrN3O. The Morgan fingerprint density at radius 2 is 2.32 bits per heavy atom. The Bertz CT molecular complexity index is 592. The van der Waals surface area contributed by atoms with Crippen molar-refractivity contribution in [3.63, 3.8) is 0 Å². The average molecular weight is 322 g/mol. The molecule has 0 saturated carbocycles. The van der Waals surface area contributed by atoms with E-state index in [2.05, 4.69) is 32.8 Å². The van der Waals surface area contributed by atoms with E-state index < -0.39 is 0 Å². The highest BCUT2D eigenvalue weighted by Crippen LogP contribution is 2.30. The fourth-order valence-corrected chi connectivity index (χ4v) is 2.18. The minimum absolute atomic E-state index is 0.708. The number of halogens is 1. The van der Waals surface area contributed by atoms with E-state index in [-0.39, 0.29) is 0 Å². The van der Waals surface area contributed by atoms with Crippen LogP contribution >= 0.6 is 15.9 Å². The van der Waals surface area contributed by atoms with Gasteiger partial charge in [-0.05, 0) is 25.1 Å². The van der Waals surface area contributed by atoms with Gasteiger partial charge in [0.15, 0.2) is 0 Å². The number of hydrogen-bond acceptors (Lipinski definition) is 3. The van der Waals surface area contributed by atoms with Gasteiger partial charge in [0.2, 0.25) is 5.95 Å². The third-order valence-electron chi connectivity index (χ3n) is 2.63. The Morgan fingerprint density at radius 3 is 3.00 bits per heavy atom. The van der Waals surface area contributed by atoms with Crippen LogP contribution < -0.4 is 10.1 Å². The van der Waals surface area contributed by atoms with Gasteiger partial charge in [0.25, 0.3) is 0 Å². The number of rotatable bonds is 5. The standard InChI is InChI=1S/C14H16BrN3O/c1-4-7-18-9-10(2)16-14(18)17-12-8-11(15)5-6-13(12)19-3/h4-6,8-9H,1,7H2,2-3H3,(H,16,17). The third-order valence-corrected chi connectivity index (χ3v) is 3.12. The van der Waals surface area contributed by atoms with Crippen molar-refractivity contribution in [2.24, 2.45) is 0 Å². The van der Waals surface area contributed by atoms with E-state index in [1.165, 1.54) is 0 Å². The fraction of sp³-hybridized carbons (Fsp3) is 0.214. The molecule has 0 fully saturated rings. The van der Waals surface area contributed by atoms with Crippen molar-refractivity contribution < 1.29 is 4.74 Å². The highest BCUT2D eigenvalue weighted by molar-refractivity contribution is 9.10. The highest BCUT2D eigenvalue weighted by Gasteiger charge is 2.09. The average Bonchev–Trinajstić information content (AvgIpc) is 2.70. The zero-order valence-corrected chi connectivity index (χ0v) is 12.6. The van der Waals surface area contributed by atoms with Crippen LogP contribution in [0.15, 0.2) is 41.5 Å². The van der Waals surface area contributed by atoms with Gasteiger partial charge >= 0.3 is 0 Å². The molecule has 0 spiro atoms. The van der Waals surface area contributed by atoms with Crippen LogP contribution in [-0.4, -0.2) is 16.7 Å². The lowest BCUT2D eigenvalue weighted by Gasteiger charge is -2.12. The Balaban J connectivity index is 2.35. The summed E-state index contributed by atoms with van der Waals surface area (Å²) in [6.45, 7) is 6.42. The van der Waals surface area contributed by atoms with Crippen molar-refractivity contribution in [1.29, 1.82) is 0 Å². The predicted octanol–water partition coefficient (Wildman–Crippen LogP) is 3.89. The zero-order valence-electron chi connectivity index (χ0n) is 11.0. The molecular weight excluding hydrogens is 306 g/mol. The van der Waals surface area contributed by atoms with Gasteiger partial charge in [-0.2, -0.15) is 0 Å². The Morgan fingerprint density at radius 1 is 1.53 bits per heavy atom. The van der Waals surface area contributed by atoms with Crippen LogP contribution in [0.5, 0.6) is 5.75 Å². The fourth-order valence-electron chi connectivity index (χ4n) is 1.82. The van der Waals surface area contributed by atoms with Crippen molar-refractivity contribution in [3.05, 3.63) is 47.2 Å². The molecule has 0 aliphatic rings. The van der Waals surface area contributed by atoms with Crippen LogP contribution in [0.1, 0.15) is 5.69 Å². The summed E-state index contributed by atoms with van der Waals surface area (Å²) in [5.74, 6) is 1.54. The number of methoxy groups -OCH3 is 1. The predicted molar refractivity (Wildman–Crippen MR) is 81.1 cm³/mol. The first kappa shape index (κ1) is 13.7. The number of benzene rings is 1. The van der Waals surface area contributed by atoms with Crippen molar-refractivity contribution in [3.8, 4) is 5.75 Å². The number of aromatic nitrogens is 2.